The van der Waals surface area contributed by atoms with Crippen molar-refractivity contribution in [3.05, 3.63) is 52.7 Å². The predicted molar refractivity (Wildman–Crippen MR) is 114 cm³/mol. The number of halogens is 2. The Morgan fingerprint density at radius 1 is 1.11 bits per heavy atom. The Labute approximate surface area is 178 Å². The highest BCUT2D eigenvalue weighted by Gasteiger charge is 2.16. The monoisotopic (exact) mass is 435 g/mol. The second-order valence-electron chi connectivity index (χ2n) is 5.96. The highest BCUT2D eigenvalue weighted by molar-refractivity contribution is 8.13. The summed E-state index contributed by atoms with van der Waals surface area (Å²) in [5.74, 6) is 0.590. The molecule has 28 heavy (non-hydrogen) atoms. The number of hydrogen-bond donors (Lipinski definition) is 0. The van der Waals surface area contributed by atoms with Crippen LogP contribution >= 0.6 is 35.0 Å². The Morgan fingerprint density at radius 3 is 2.50 bits per heavy atom. The fraction of sp³-hybridized carbons (Fsp3) is 0.250. The first-order valence-corrected chi connectivity index (χ1v) is 10.4. The van der Waals surface area contributed by atoms with Crippen LogP contribution < -0.4 is 0 Å². The third-order valence-corrected chi connectivity index (χ3v) is 5.41. The molecule has 0 aliphatic heterocycles. The zero-order valence-electron chi connectivity index (χ0n) is 15.5. The fourth-order valence-electron chi connectivity index (χ4n) is 2.62. The van der Waals surface area contributed by atoms with E-state index in [1.807, 2.05) is 24.8 Å². The number of benzene rings is 1. The summed E-state index contributed by atoms with van der Waals surface area (Å²) in [7, 11) is 0. The summed E-state index contributed by atoms with van der Waals surface area (Å²) in [4.78, 5) is 23.6. The molecule has 146 valence electrons. The van der Waals surface area contributed by atoms with Crippen LogP contribution in [0, 0.1) is 0 Å². The van der Waals surface area contributed by atoms with Crippen molar-refractivity contribution in [2.24, 2.45) is 0 Å². The summed E-state index contributed by atoms with van der Waals surface area (Å²) >= 11 is 13.4. The molecule has 0 saturated heterocycles. The van der Waals surface area contributed by atoms with Gasteiger partial charge in [0.05, 0.1) is 23.5 Å². The summed E-state index contributed by atoms with van der Waals surface area (Å²) < 4.78 is 5.47. The summed E-state index contributed by atoms with van der Waals surface area (Å²) in [6, 6.07) is 10.6. The van der Waals surface area contributed by atoms with E-state index in [0.717, 1.165) is 24.9 Å². The van der Waals surface area contributed by atoms with E-state index in [1.165, 1.54) is 0 Å². The van der Waals surface area contributed by atoms with E-state index in [4.69, 9.17) is 27.6 Å². The second-order valence-corrected chi connectivity index (χ2v) is 7.83. The summed E-state index contributed by atoms with van der Waals surface area (Å²) in [5.41, 5.74) is 1.89. The van der Waals surface area contributed by atoms with E-state index in [2.05, 4.69) is 9.97 Å². The van der Waals surface area contributed by atoms with Crippen molar-refractivity contribution in [2.45, 2.75) is 19.0 Å². The average molecular weight is 436 g/mol. The largest absolute Gasteiger partial charge is 0.463 e. The van der Waals surface area contributed by atoms with Gasteiger partial charge >= 0.3 is 0 Å². The third-order valence-electron chi connectivity index (χ3n) is 4.14. The van der Waals surface area contributed by atoms with Gasteiger partial charge in [0.15, 0.2) is 10.9 Å². The zero-order chi connectivity index (χ0) is 20.1. The molecule has 0 spiro atoms. The van der Waals surface area contributed by atoms with Crippen LogP contribution in [0.5, 0.6) is 0 Å². The Hall–Kier alpha value is -1.86. The van der Waals surface area contributed by atoms with Crippen molar-refractivity contribution in [3.8, 4) is 22.7 Å². The number of carbonyl (C=O) groups excluding carboxylic acids is 1. The van der Waals surface area contributed by atoms with Gasteiger partial charge < -0.3 is 4.42 Å². The van der Waals surface area contributed by atoms with E-state index in [9.17, 15) is 4.79 Å². The van der Waals surface area contributed by atoms with Gasteiger partial charge in [0, 0.05) is 10.6 Å². The standard InChI is InChI=1S/C20H19Cl2N3O2S/c1-3-25(4-2)12-19(26)28-20-23-16(14-8-7-13(21)10-15(14)22)11-17(24-20)18-6-5-9-27-18/h5-11H,3-4,12H2,1-2H3. The Bertz CT molecular complexity index is 960. The zero-order valence-corrected chi connectivity index (χ0v) is 17.8. The van der Waals surface area contributed by atoms with E-state index < -0.39 is 0 Å². The number of rotatable bonds is 7. The van der Waals surface area contributed by atoms with Gasteiger partial charge in [-0.15, -0.1) is 0 Å². The van der Waals surface area contributed by atoms with Gasteiger partial charge in [0.25, 0.3) is 0 Å². The first kappa shape index (κ1) is 20.9. The Balaban J connectivity index is 1.98. The van der Waals surface area contributed by atoms with Gasteiger partial charge in [-0.1, -0.05) is 37.0 Å². The van der Waals surface area contributed by atoms with Crippen molar-refractivity contribution in [1.82, 2.24) is 14.9 Å². The lowest BCUT2D eigenvalue weighted by Crippen LogP contribution is -2.28. The molecular weight excluding hydrogens is 417 g/mol. The van der Waals surface area contributed by atoms with E-state index in [0.29, 0.717) is 44.5 Å². The highest BCUT2D eigenvalue weighted by Crippen LogP contribution is 2.32. The van der Waals surface area contributed by atoms with Gasteiger partial charge in [0.1, 0.15) is 5.69 Å². The fourth-order valence-corrected chi connectivity index (χ4v) is 3.86. The van der Waals surface area contributed by atoms with E-state index >= 15 is 0 Å². The lowest BCUT2D eigenvalue weighted by Gasteiger charge is -2.16. The van der Waals surface area contributed by atoms with Crippen LogP contribution in [0.4, 0.5) is 0 Å². The van der Waals surface area contributed by atoms with Crippen LogP contribution in [-0.4, -0.2) is 39.6 Å². The molecule has 0 aliphatic rings. The second kappa shape index (κ2) is 9.56. The van der Waals surface area contributed by atoms with Crippen LogP contribution in [0.3, 0.4) is 0 Å². The van der Waals surface area contributed by atoms with Gasteiger partial charge in [-0.05, 0) is 61.2 Å². The van der Waals surface area contributed by atoms with Crippen LogP contribution in [0.2, 0.25) is 10.0 Å². The third kappa shape index (κ3) is 5.14. The normalized spacial score (nSPS) is 11.2. The number of nitrogens with zero attached hydrogens (tertiary/aromatic N) is 3. The lowest BCUT2D eigenvalue weighted by atomic mass is 10.1. The van der Waals surface area contributed by atoms with Gasteiger partial charge in [0.2, 0.25) is 5.12 Å². The molecule has 0 saturated carbocycles. The molecule has 0 amide bonds. The molecule has 1 aromatic carbocycles. The molecule has 5 nitrogen and oxygen atoms in total. The molecule has 3 aromatic rings. The molecule has 0 bridgehead atoms. The van der Waals surface area contributed by atoms with Crippen LogP contribution in [0.15, 0.2) is 52.2 Å². The number of furan rings is 1. The van der Waals surface area contributed by atoms with E-state index in [-0.39, 0.29) is 5.12 Å². The maximum Gasteiger partial charge on any atom is 0.210 e. The molecule has 8 heteroatoms. The number of hydrogen-bond acceptors (Lipinski definition) is 6. The molecule has 0 aliphatic carbocycles. The summed E-state index contributed by atoms with van der Waals surface area (Å²) in [6.45, 7) is 6.00. The predicted octanol–water partition coefficient (Wildman–Crippen LogP) is 5.67. The summed E-state index contributed by atoms with van der Waals surface area (Å²) in [6.07, 6.45) is 1.57. The molecule has 2 aromatic heterocycles. The van der Waals surface area contributed by atoms with Crippen LogP contribution in [0.1, 0.15) is 13.8 Å². The molecule has 2 heterocycles. The molecule has 0 unspecified atom stereocenters. The van der Waals surface area contributed by atoms with Crippen molar-refractivity contribution in [1.29, 1.82) is 0 Å². The maximum atomic E-state index is 12.5. The SMILES string of the molecule is CCN(CC)CC(=O)Sc1nc(-c2ccco2)cc(-c2ccc(Cl)cc2Cl)n1. The lowest BCUT2D eigenvalue weighted by molar-refractivity contribution is -0.112. The van der Waals surface area contributed by atoms with Crippen LogP contribution in [-0.2, 0) is 4.79 Å². The first-order chi connectivity index (χ1) is 13.5. The number of likely N-dealkylation sites (N-methyl/N-ethyl adjacent to an activating group) is 1. The average Bonchev–Trinajstić information content (AvgIpc) is 3.20. The molecule has 0 fully saturated rings. The van der Waals surface area contributed by atoms with E-state index in [1.54, 1.807) is 36.6 Å². The van der Waals surface area contributed by atoms with Gasteiger partial charge in [-0.25, -0.2) is 9.97 Å². The Kier molecular flexibility index (Phi) is 7.13. The quantitative estimate of drug-likeness (QED) is 0.351. The highest BCUT2D eigenvalue weighted by atomic mass is 35.5. The molecule has 0 atom stereocenters. The molecule has 0 radical (unpaired) electrons. The minimum absolute atomic E-state index is 0.0200. The summed E-state index contributed by atoms with van der Waals surface area (Å²) in [5, 5.41) is 1.35. The number of thioether (sulfide) groups is 1. The first-order valence-electron chi connectivity index (χ1n) is 8.81. The van der Waals surface area contributed by atoms with Crippen LogP contribution in [0.25, 0.3) is 22.7 Å². The van der Waals surface area contributed by atoms with Crippen molar-refractivity contribution >= 4 is 40.1 Å². The number of carbonyl (C=O) groups is 1. The van der Waals surface area contributed by atoms with Crippen molar-refractivity contribution in [3.63, 3.8) is 0 Å². The van der Waals surface area contributed by atoms with Gasteiger partial charge in [-0.3, -0.25) is 9.69 Å². The minimum atomic E-state index is -0.0200. The van der Waals surface area contributed by atoms with Crippen molar-refractivity contribution in [2.75, 3.05) is 19.6 Å². The Morgan fingerprint density at radius 2 is 1.86 bits per heavy atom. The smallest absolute Gasteiger partial charge is 0.210 e. The number of aromatic nitrogens is 2. The topological polar surface area (TPSA) is 59.2 Å². The maximum absolute atomic E-state index is 12.5. The van der Waals surface area contributed by atoms with Crippen molar-refractivity contribution < 1.29 is 9.21 Å². The molecule has 3 rings (SSSR count). The molecular formula is C20H19Cl2N3O2S. The molecule has 0 N–H and O–H groups in total. The minimum Gasteiger partial charge on any atom is -0.463 e. The van der Waals surface area contributed by atoms with Gasteiger partial charge in [-0.2, -0.15) is 0 Å².